The summed E-state index contributed by atoms with van der Waals surface area (Å²) in [6, 6.07) is 5.89. The second-order valence-electron chi connectivity index (χ2n) is 3.78. The Morgan fingerprint density at radius 3 is 2.93 bits per heavy atom. The normalized spacial score (nSPS) is 18.7. The smallest absolute Gasteiger partial charge is 0.129 e. The molecule has 2 aromatic heterocycles. The van der Waals surface area contributed by atoms with Crippen molar-refractivity contribution in [2.24, 2.45) is 5.73 Å². The van der Waals surface area contributed by atoms with Gasteiger partial charge in [0.1, 0.15) is 5.15 Å². The van der Waals surface area contributed by atoms with E-state index in [2.05, 4.69) is 11.1 Å². The molecule has 2 nitrogen and oxygen atoms in total. The van der Waals surface area contributed by atoms with E-state index in [-0.39, 0.29) is 5.54 Å². The molecule has 72 valence electrons. The maximum atomic E-state index is 6.12. The van der Waals surface area contributed by atoms with E-state index in [9.17, 15) is 0 Å². The Balaban J connectivity index is 2.20. The van der Waals surface area contributed by atoms with Gasteiger partial charge in [-0.2, -0.15) is 0 Å². The first-order valence-corrected chi connectivity index (χ1v) is 5.72. The molecule has 0 spiro atoms. The van der Waals surface area contributed by atoms with Gasteiger partial charge in [0.25, 0.3) is 0 Å². The number of pyridine rings is 1. The molecule has 2 aromatic rings. The van der Waals surface area contributed by atoms with Crippen LogP contribution in [0.5, 0.6) is 0 Å². The average Bonchev–Trinajstić information content (AvgIpc) is 2.77. The van der Waals surface area contributed by atoms with Gasteiger partial charge < -0.3 is 5.73 Å². The third kappa shape index (κ3) is 1.24. The Kier molecular flexibility index (Phi) is 1.66. The molecule has 0 saturated heterocycles. The fourth-order valence-corrected chi connectivity index (χ4v) is 2.84. The van der Waals surface area contributed by atoms with Crippen molar-refractivity contribution in [1.82, 2.24) is 4.98 Å². The van der Waals surface area contributed by atoms with Crippen molar-refractivity contribution in [1.29, 1.82) is 0 Å². The van der Waals surface area contributed by atoms with Crippen molar-refractivity contribution < 1.29 is 0 Å². The summed E-state index contributed by atoms with van der Waals surface area (Å²) in [4.78, 5) is 5.50. The predicted molar refractivity (Wildman–Crippen MR) is 59.7 cm³/mol. The quantitative estimate of drug-likeness (QED) is 0.757. The van der Waals surface area contributed by atoms with E-state index >= 15 is 0 Å². The molecule has 0 radical (unpaired) electrons. The Bertz CT molecular complexity index is 502. The van der Waals surface area contributed by atoms with Gasteiger partial charge in [-0.3, -0.25) is 0 Å². The van der Waals surface area contributed by atoms with Crippen LogP contribution in [0.3, 0.4) is 0 Å². The van der Waals surface area contributed by atoms with Gasteiger partial charge in [-0.1, -0.05) is 11.6 Å². The maximum Gasteiger partial charge on any atom is 0.129 e. The number of hydrogen-bond acceptors (Lipinski definition) is 3. The molecule has 1 aliphatic carbocycles. The number of nitrogens with two attached hydrogens (primary N) is 1. The number of hydrogen-bond donors (Lipinski definition) is 1. The summed E-state index contributed by atoms with van der Waals surface area (Å²) in [5.74, 6) is 0. The van der Waals surface area contributed by atoms with E-state index in [0.717, 1.165) is 18.4 Å². The predicted octanol–water partition coefficient (Wildman–Crippen LogP) is 2.90. The molecular formula is C10H9ClN2S. The van der Waals surface area contributed by atoms with Gasteiger partial charge in [0.05, 0.1) is 15.8 Å². The van der Waals surface area contributed by atoms with E-state index < -0.39 is 0 Å². The molecule has 0 atom stereocenters. The SMILES string of the molecule is NC1(c2cc3nc(Cl)ccc3s2)CC1. The lowest BCUT2D eigenvalue weighted by Crippen LogP contribution is -2.16. The topological polar surface area (TPSA) is 38.9 Å². The monoisotopic (exact) mass is 224 g/mol. The largest absolute Gasteiger partial charge is 0.321 e. The van der Waals surface area contributed by atoms with Crippen LogP contribution in [0.2, 0.25) is 5.15 Å². The van der Waals surface area contributed by atoms with Gasteiger partial charge in [-0.05, 0) is 31.0 Å². The van der Waals surface area contributed by atoms with Crippen LogP contribution >= 0.6 is 22.9 Å². The number of nitrogens with zero attached hydrogens (tertiary/aromatic N) is 1. The van der Waals surface area contributed by atoms with Gasteiger partial charge in [-0.25, -0.2) is 4.98 Å². The molecule has 14 heavy (non-hydrogen) atoms. The third-order valence-corrected chi connectivity index (χ3v) is 4.14. The minimum atomic E-state index is -0.0577. The van der Waals surface area contributed by atoms with Crippen molar-refractivity contribution in [2.75, 3.05) is 0 Å². The zero-order chi connectivity index (χ0) is 9.76. The Morgan fingerprint density at radius 1 is 1.43 bits per heavy atom. The van der Waals surface area contributed by atoms with Gasteiger partial charge in [-0.15, -0.1) is 11.3 Å². The van der Waals surface area contributed by atoms with Crippen molar-refractivity contribution in [3.8, 4) is 0 Å². The van der Waals surface area contributed by atoms with Gasteiger partial charge in [0.15, 0.2) is 0 Å². The zero-order valence-electron chi connectivity index (χ0n) is 7.46. The highest BCUT2D eigenvalue weighted by molar-refractivity contribution is 7.19. The van der Waals surface area contributed by atoms with Gasteiger partial charge >= 0.3 is 0 Å². The lowest BCUT2D eigenvalue weighted by Gasteiger charge is -2.01. The summed E-state index contributed by atoms with van der Waals surface area (Å²) in [5, 5.41) is 0.545. The van der Waals surface area contributed by atoms with Crippen molar-refractivity contribution >= 4 is 33.2 Å². The maximum absolute atomic E-state index is 6.12. The van der Waals surface area contributed by atoms with Crippen LogP contribution in [0.1, 0.15) is 17.7 Å². The van der Waals surface area contributed by atoms with Crippen LogP contribution in [0, 0.1) is 0 Å². The molecule has 2 N–H and O–H groups in total. The molecule has 0 aliphatic heterocycles. The molecule has 0 bridgehead atoms. The molecule has 2 heterocycles. The van der Waals surface area contributed by atoms with E-state index in [1.54, 1.807) is 11.3 Å². The summed E-state index contributed by atoms with van der Waals surface area (Å²) in [5.41, 5.74) is 7.03. The lowest BCUT2D eigenvalue weighted by molar-refractivity contribution is 0.759. The third-order valence-electron chi connectivity index (χ3n) is 2.62. The highest BCUT2D eigenvalue weighted by Crippen LogP contribution is 2.46. The van der Waals surface area contributed by atoms with Crippen molar-refractivity contribution in [3.63, 3.8) is 0 Å². The van der Waals surface area contributed by atoms with E-state index in [4.69, 9.17) is 17.3 Å². The Morgan fingerprint density at radius 2 is 2.21 bits per heavy atom. The van der Waals surface area contributed by atoms with Crippen LogP contribution in [0.15, 0.2) is 18.2 Å². The van der Waals surface area contributed by atoms with Crippen molar-refractivity contribution in [3.05, 3.63) is 28.2 Å². The number of rotatable bonds is 1. The van der Waals surface area contributed by atoms with Crippen LogP contribution in [0.4, 0.5) is 0 Å². The molecule has 0 aromatic carbocycles. The van der Waals surface area contributed by atoms with Crippen molar-refractivity contribution in [2.45, 2.75) is 18.4 Å². The fraction of sp³-hybridized carbons (Fsp3) is 0.300. The van der Waals surface area contributed by atoms with E-state index in [1.165, 1.54) is 9.58 Å². The minimum Gasteiger partial charge on any atom is -0.321 e. The van der Waals surface area contributed by atoms with Crippen LogP contribution < -0.4 is 5.73 Å². The average molecular weight is 225 g/mol. The van der Waals surface area contributed by atoms with Gasteiger partial charge in [0, 0.05) is 4.88 Å². The van der Waals surface area contributed by atoms with E-state index in [0.29, 0.717) is 5.15 Å². The first-order chi connectivity index (χ1) is 6.67. The molecule has 4 heteroatoms. The summed E-state index contributed by atoms with van der Waals surface area (Å²) >= 11 is 7.55. The molecule has 0 unspecified atom stereocenters. The number of fused-ring (bicyclic) bond motifs is 1. The Labute approximate surface area is 90.7 Å². The second-order valence-corrected chi connectivity index (χ2v) is 5.26. The second kappa shape index (κ2) is 2.69. The highest BCUT2D eigenvalue weighted by atomic mass is 35.5. The number of halogens is 1. The summed E-state index contributed by atoms with van der Waals surface area (Å²) < 4.78 is 1.17. The Hall–Kier alpha value is -0.640. The molecule has 1 saturated carbocycles. The van der Waals surface area contributed by atoms with Crippen LogP contribution in [-0.4, -0.2) is 4.98 Å². The van der Waals surface area contributed by atoms with Crippen LogP contribution in [0.25, 0.3) is 10.2 Å². The molecule has 3 rings (SSSR count). The molecular weight excluding hydrogens is 216 g/mol. The number of aromatic nitrogens is 1. The highest BCUT2D eigenvalue weighted by Gasteiger charge is 2.41. The summed E-state index contributed by atoms with van der Waals surface area (Å²) in [7, 11) is 0. The number of thiophene rings is 1. The zero-order valence-corrected chi connectivity index (χ0v) is 9.03. The lowest BCUT2D eigenvalue weighted by atomic mass is 10.2. The fourth-order valence-electron chi connectivity index (χ4n) is 1.53. The molecule has 1 fully saturated rings. The standard InChI is InChI=1S/C10H9ClN2S/c11-9-2-1-7-6(13-9)5-8(14-7)10(12)3-4-10/h1-2,5H,3-4,12H2. The first-order valence-electron chi connectivity index (χ1n) is 4.53. The summed E-state index contributed by atoms with van der Waals surface area (Å²) in [6.45, 7) is 0. The van der Waals surface area contributed by atoms with E-state index in [1.807, 2.05) is 12.1 Å². The summed E-state index contributed by atoms with van der Waals surface area (Å²) in [6.07, 6.45) is 2.18. The van der Waals surface area contributed by atoms with Crippen LogP contribution in [-0.2, 0) is 5.54 Å². The first kappa shape index (κ1) is 8.65. The minimum absolute atomic E-state index is 0.0577. The van der Waals surface area contributed by atoms with Gasteiger partial charge in [0.2, 0.25) is 0 Å². The molecule has 0 amide bonds. The molecule has 1 aliphatic rings.